The maximum absolute atomic E-state index is 6.31. The number of piperidine rings is 1. The van der Waals surface area contributed by atoms with E-state index in [1.54, 1.807) is 0 Å². The average Bonchev–Trinajstić information content (AvgIpc) is 2.97. The van der Waals surface area contributed by atoms with Crippen molar-refractivity contribution in [1.29, 1.82) is 0 Å². The highest BCUT2D eigenvalue weighted by molar-refractivity contribution is 5.02. The van der Waals surface area contributed by atoms with Gasteiger partial charge in [0.25, 0.3) is 0 Å². The van der Waals surface area contributed by atoms with Gasteiger partial charge >= 0.3 is 0 Å². The summed E-state index contributed by atoms with van der Waals surface area (Å²) < 4.78 is 0. The van der Waals surface area contributed by atoms with Crippen molar-refractivity contribution in [2.45, 2.75) is 75.8 Å². The summed E-state index contributed by atoms with van der Waals surface area (Å²) >= 11 is 0. The van der Waals surface area contributed by atoms with E-state index in [0.717, 1.165) is 12.6 Å². The van der Waals surface area contributed by atoms with Crippen LogP contribution in [0.2, 0.25) is 0 Å². The molecule has 0 bridgehead atoms. The lowest BCUT2D eigenvalue weighted by molar-refractivity contribution is -0.0110. The molecule has 21 heavy (non-hydrogen) atoms. The number of likely N-dealkylation sites (tertiary alicyclic amines) is 1. The summed E-state index contributed by atoms with van der Waals surface area (Å²) in [6.45, 7) is 3.35. The molecule has 1 heterocycles. The third-order valence-electron chi connectivity index (χ3n) is 7.27. The van der Waals surface area contributed by atoms with E-state index in [-0.39, 0.29) is 0 Å². The Morgan fingerprint density at radius 1 is 1.00 bits per heavy atom. The zero-order valence-electron chi connectivity index (χ0n) is 14.2. The van der Waals surface area contributed by atoms with E-state index >= 15 is 0 Å². The van der Waals surface area contributed by atoms with Gasteiger partial charge in [-0.15, -0.1) is 0 Å². The molecule has 2 aliphatic carbocycles. The van der Waals surface area contributed by atoms with Crippen LogP contribution >= 0.6 is 0 Å². The summed E-state index contributed by atoms with van der Waals surface area (Å²) in [5.41, 5.74) is 7.32. The van der Waals surface area contributed by atoms with E-state index in [2.05, 4.69) is 23.9 Å². The van der Waals surface area contributed by atoms with Crippen LogP contribution in [-0.4, -0.2) is 55.1 Å². The fourth-order valence-corrected chi connectivity index (χ4v) is 5.34. The van der Waals surface area contributed by atoms with Crippen LogP contribution in [0, 0.1) is 5.41 Å². The monoisotopic (exact) mass is 293 g/mol. The molecule has 1 saturated heterocycles. The van der Waals surface area contributed by atoms with Crippen LogP contribution in [0.25, 0.3) is 0 Å². The van der Waals surface area contributed by atoms with Crippen molar-refractivity contribution in [3.8, 4) is 0 Å². The van der Waals surface area contributed by atoms with Crippen molar-refractivity contribution in [2.75, 3.05) is 33.7 Å². The van der Waals surface area contributed by atoms with Crippen LogP contribution in [-0.2, 0) is 0 Å². The van der Waals surface area contributed by atoms with Gasteiger partial charge in [-0.3, -0.25) is 4.90 Å². The van der Waals surface area contributed by atoms with Gasteiger partial charge in [0, 0.05) is 18.1 Å². The molecule has 3 fully saturated rings. The van der Waals surface area contributed by atoms with E-state index in [1.165, 1.54) is 77.3 Å². The van der Waals surface area contributed by atoms with Gasteiger partial charge in [0.05, 0.1) is 0 Å². The Hall–Kier alpha value is -0.120. The molecule has 1 spiro atoms. The van der Waals surface area contributed by atoms with Crippen molar-refractivity contribution >= 4 is 0 Å². The molecular formula is C18H35N3. The van der Waals surface area contributed by atoms with Crippen molar-refractivity contribution in [3.05, 3.63) is 0 Å². The van der Waals surface area contributed by atoms with Gasteiger partial charge in [-0.2, -0.15) is 0 Å². The second-order valence-corrected chi connectivity index (χ2v) is 8.28. The third-order valence-corrected chi connectivity index (χ3v) is 7.27. The maximum Gasteiger partial charge on any atom is 0.0332 e. The fourth-order valence-electron chi connectivity index (χ4n) is 5.34. The summed E-state index contributed by atoms with van der Waals surface area (Å²) in [5.74, 6) is 0. The number of hydrogen-bond donors (Lipinski definition) is 1. The van der Waals surface area contributed by atoms with Gasteiger partial charge in [-0.25, -0.2) is 0 Å². The van der Waals surface area contributed by atoms with Crippen LogP contribution in [0.4, 0.5) is 0 Å². The molecule has 0 radical (unpaired) electrons. The molecule has 3 nitrogen and oxygen atoms in total. The molecular weight excluding hydrogens is 258 g/mol. The van der Waals surface area contributed by atoms with E-state index in [1.807, 2.05) is 0 Å². The number of likely N-dealkylation sites (N-methyl/N-ethyl adjacent to an activating group) is 1. The SMILES string of the molecule is CN1CCC(N(C)C2(CN)CCC3(CCCC3)CC2)CC1. The fraction of sp³-hybridized carbons (Fsp3) is 1.00. The highest BCUT2D eigenvalue weighted by Gasteiger charge is 2.46. The number of nitrogens with two attached hydrogens (primary N) is 1. The zero-order chi connectivity index (χ0) is 14.9. The first kappa shape index (κ1) is 15.8. The predicted molar refractivity (Wildman–Crippen MR) is 89.4 cm³/mol. The largest absolute Gasteiger partial charge is 0.329 e. The van der Waals surface area contributed by atoms with Crippen molar-refractivity contribution in [2.24, 2.45) is 11.1 Å². The lowest BCUT2D eigenvalue weighted by Gasteiger charge is -2.52. The van der Waals surface area contributed by atoms with Crippen LogP contribution in [0.1, 0.15) is 64.2 Å². The third kappa shape index (κ3) is 3.02. The quantitative estimate of drug-likeness (QED) is 0.868. The van der Waals surface area contributed by atoms with E-state index in [4.69, 9.17) is 5.73 Å². The van der Waals surface area contributed by atoms with E-state index < -0.39 is 0 Å². The minimum absolute atomic E-state index is 0.300. The minimum atomic E-state index is 0.300. The minimum Gasteiger partial charge on any atom is -0.329 e. The Bertz CT molecular complexity index is 330. The first-order valence-corrected chi connectivity index (χ1v) is 9.21. The molecule has 1 aliphatic heterocycles. The topological polar surface area (TPSA) is 32.5 Å². The van der Waals surface area contributed by atoms with Crippen molar-refractivity contribution in [3.63, 3.8) is 0 Å². The van der Waals surface area contributed by atoms with E-state index in [0.29, 0.717) is 11.0 Å². The molecule has 3 aliphatic rings. The molecule has 0 amide bonds. The van der Waals surface area contributed by atoms with Crippen molar-refractivity contribution in [1.82, 2.24) is 9.80 Å². The van der Waals surface area contributed by atoms with Crippen LogP contribution < -0.4 is 5.73 Å². The van der Waals surface area contributed by atoms with Crippen LogP contribution in [0.5, 0.6) is 0 Å². The second-order valence-electron chi connectivity index (χ2n) is 8.28. The van der Waals surface area contributed by atoms with Crippen molar-refractivity contribution < 1.29 is 0 Å². The number of hydrogen-bond acceptors (Lipinski definition) is 3. The average molecular weight is 293 g/mol. The molecule has 0 aromatic rings. The van der Waals surface area contributed by atoms with Gasteiger partial charge < -0.3 is 10.6 Å². The van der Waals surface area contributed by atoms with Crippen LogP contribution in [0.3, 0.4) is 0 Å². The van der Waals surface area contributed by atoms with Gasteiger partial charge in [-0.05, 0) is 84.0 Å². The highest BCUT2D eigenvalue weighted by Crippen LogP contribution is 2.52. The van der Waals surface area contributed by atoms with Gasteiger partial charge in [0.1, 0.15) is 0 Å². The molecule has 2 N–H and O–H groups in total. The lowest BCUT2D eigenvalue weighted by Crippen LogP contribution is -2.59. The molecule has 3 heteroatoms. The summed E-state index contributed by atoms with van der Waals surface area (Å²) in [6.07, 6.45) is 14.1. The first-order valence-electron chi connectivity index (χ1n) is 9.21. The molecule has 0 aromatic carbocycles. The second kappa shape index (κ2) is 6.17. The molecule has 3 rings (SSSR count). The molecule has 122 valence electrons. The highest BCUT2D eigenvalue weighted by atomic mass is 15.2. The first-order chi connectivity index (χ1) is 10.1. The van der Waals surface area contributed by atoms with Crippen LogP contribution in [0.15, 0.2) is 0 Å². The Morgan fingerprint density at radius 2 is 1.57 bits per heavy atom. The van der Waals surface area contributed by atoms with Gasteiger partial charge in [-0.1, -0.05) is 12.8 Å². The Balaban J connectivity index is 1.64. The Morgan fingerprint density at radius 3 is 2.10 bits per heavy atom. The summed E-state index contributed by atoms with van der Waals surface area (Å²) in [4.78, 5) is 5.18. The number of rotatable bonds is 3. The van der Waals surface area contributed by atoms with Gasteiger partial charge in [0.2, 0.25) is 0 Å². The smallest absolute Gasteiger partial charge is 0.0332 e. The standard InChI is InChI=1S/C18H35N3/c1-20-13-5-16(6-14-20)21(2)18(15-19)11-9-17(10-12-18)7-3-4-8-17/h16H,3-15,19H2,1-2H3. The van der Waals surface area contributed by atoms with E-state index in [9.17, 15) is 0 Å². The Labute approximate surface area is 131 Å². The predicted octanol–water partition coefficient (Wildman–Crippen LogP) is 2.84. The molecule has 2 saturated carbocycles. The zero-order valence-corrected chi connectivity index (χ0v) is 14.2. The maximum atomic E-state index is 6.31. The summed E-state index contributed by atoms with van der Waals surface area (Å²) in [5, 5.41) is 0. The molecule has 0 aromatic heterocycles. The molecule has 0 atom stereocenters. The molecule has 0 unspecified atom stereocenters. The Kier molecular flexibility index (Phi) is 4.63. The normalized spacial score (nSPS) is 30.3. The summed E-state index contributed by atoms with van der Waals surface area (Å²) in [7, 11) is 4.62. The summed E-state index contributed by atoms with van der Waals surface area (Å²) in [6, 6.07) is 0.752. The lowest BCUT2D eigenvalue weighted by atomic mass is 9.65. The van der Waals surface area contributed by atoms with Gasteiger partial charge in [0.15, 0.2) is 0 Å². The number of nitrogens with zero attached hydrogens (tertiary/aromatic N) is 2.